The monoisotopic (exact) mass is 277 g/mol. The summed E-state index contributed by atoms with van der Waals surface area (Å²) in [5.41, 5.74) is 1.01. The largest absolute Gasteiger partial charge is 0.396 e. The van der Waals surface area contributed by atoms with Crippen molar-refractivity contribution in [2.24, 2.45) is 0 Å². The lowest BCUT2D eigenvalue weighted by Gasteiger charge is -2.40. The third kappa shape index (κ3) is 2.15. The van der Waals surface area contributed by atoms with E-state index >= 15 is 0 Å². The highest BCUT2D eigenvalue weighted by Gasteiger charge is 2.26. The summed E-state index contributed by atoms with van der Waals surface area (Å²) in [7, 11) is 0. The van der Waals surface area contributed by atoms with Gasteiger partial charge in [0.2, 0.25) is 0 Å². The Labute approximate surface area is 117 Å². The van der Waals surface area contributed by atoms with Crippen molar-refractivity contribution in [2.75, 3.05) is 18.1 Å². The summed E-state index contributed by atoms with van der Waals surface area (Å²) in [6.45, 7) is 3.34. The van der Waals surface area contributed by atoms with Crippen LogP contribution in [0.4, 0.5) is 5.82 Å². The Morgan fingerprint density at radius 3 is 2.84 bits per heavy atom. The molecule has 19 heavy (non-hydrogen) atoms. The van der Waals surface area contributed by atoms with Crippen molar-refractivity contribution < 1.29 is 5.11 Å². The van der Waals surface area contributed by atoms with Crippen LogP contribution in [0.25, 0.3) is 10.8 Å². The molecule has 1 saturated heterocycles. The van der Waals surface area contributed by atoms with E-state index in [0.717, 1.165) is 28.7 Å². The first-order valence-electron chi connectivity index (χ1n) is 6.51. The van der Waals surface area contributed by atoms with E-state index in [9.17, 15) is 0 Å². The van der Waals surface area contributed by atoms with Gasteiger partial charge in [0.05, 0.1) is 0 Å². The van der Waals surface area contributed by atoms with Crippen LogP contribution in [-0.4, -0.2) is 34.3 Å². The highest BCUT2D eigenvalue weighted by Crippen LogP contribution is 2.33. The van der Waals surface area contributed by atoms with Gasteiger partial charge in [-0.05, 0) is 36.8 Å². The minimum Gasteiger partial charge on any atom is -0.396 e. The van der Waals surface area contributed by atoms with Crippen LogP contribution in [0.3, 0.4) is 0 Å². The second kappa shape index (κ2) is 4.94. The first kappa shape index (κ1) is 12.6. The highest BCUT2D eigenvalue weighted by atomic mass is 35.5. The van der Waals surface area contributed by atoms with E-state index in [-0.39, 0.29) is 6.61 Å². The number of aliphatic hydroxyl groups is 1. The molecule has 1 atom stereocenters. The summed E-state index contributed by atoms with van der Waals surface area (Å²) >= 11 is 5.99. The van der Waals surface area contributed by atoms with Crippen LogP contribution in [0.5, 0.6) is 0 Å². The van der Waals surface area contributed by atoms with E-state index in [4.69, 9.17) is 16.7 Å². The molecule has 5 heteroatoms. The van der Waals surface area contributed by atoms with Crippen molar-refractivity contribution in [1.29, 1.82) is 0 Å². The molecule has 0 radical (unpaired) electrons. The predicted molar refractivity (Wildman–Crippen MR) is 76.8 cm³/mol. The standard InChI is InChI=1S/C14H16ClN3O/c1-9-2-4-18(9)14-12-8-16-13(15)6-11(12)10(3-5-19)7-17-14/h6-9,19H,2-5H2,1H3/t9-/m1/s1. The molecule has 0 aliphatic carbocycles. The Balaban J connectivity index is 2.17. The Morgan fingerprint density at radius 1 is 1.37 bits per heavy atom. The van der Waals surface area contributed by atoms with Gasteiger partial charge in [0.15, 0.2) is 0 Å². The Hall–Kier alpha value is -1.39. The molecule has 3 rings (SSSR count). The first-order chi connectivity index (χ1) is 9.20. The molecule has 0 unspecified atom stereocenters. The van der Waals surface area contributed by atoms with E-state index in [0.29, 0.717) is 17.6 Å². The number of aromatic nitrogens is 2. The molecule has 0 aromatic carbocycles. The van der Waals surface area contributed by atoms with Crippen LogP contribution in [0.1, 0.15) is 18.9 Å². The zero-order valence-corrected chi connectivity index (χ0v) is 11.6. The van der Waals surface area contributed by atoms with Gasteiger partial charge in [0, 0.05) is 37.0 Å². The van der Waals surface area contributed by atoms with Crippen LogP contribution in [0, 0.1) is 0 Å². The number of fused-ring (bicyclic) bond motifs is 1. The van der Waals surface area contributed by atoms with E-state index in [1.165, 1.54) is 6.42 Å². The SMILES string of the molecule is C[C@@H]1CCN1c1ncc(CCO)c2cc(Cl)ncc12. The zero-order chi connectivity index (χ0) is 13.4. The second-order valence-electron chi connectivity index (χ2n) is 4.96. The van der Waals surface area contributed by atoms with Gasteiger partial charge < -0.3 is 10.0 Å². The molecular weight excluding hydrogens is 262 g/mol. The quantitative estimate of drug-likeness (QED) is 0.876. The van der Waals surface area contributed by atoms with Crippen molar-refractivity contribution in [2.45, 2.75) is 25.8 Å². The van der Waals surface area contributed by atoms with Gasteiger partial charge in [-0.25, -0.2) is 9.97 Å². The van der Waals surface area contributed by atoms with E-state index in [1.807, 2.05) is 12.3 Å². The lowest BCUT2D eigenvalue weighted by Crippen LogP contribution is -2.46. The Morgan fingerprint density at radius 2 is 2.21 bits per heavy atom. The molecule has 0 spiro atoms. The van der Waals surface area contributed by atoms with E-state index in [2.05, 4.69) is 21.8 Å². The molecule has 2 aromatic rings. The third-order valence-corrected chi connectivity index (χ3v) is 3.98. The molecule has 0 bridgehead atoms. The number of hydrogen-bond acceptors (Lipinski definition) is 4. The summed E-state index contributed by atoms with van der Waals surface area (Å²) in [5.74, 6) is 0.972. The number of aliphatic hydroxyl groups excluding tert-OH is 1. The maximum Gasteiger partial charge on any atom is 0.138 e. The maximum atomic E-state index is 9.14. The minimum absolute atomic E-state index is 0.107. The Bertz CT molecular complexity index is 617. The van der Waals surface area contributed by atoms with Crippen molar-refractivity contribution in [1.82, 2.24) is 9.97 Å². The molecule has 1 aliphatic rings. The van der Waals surface area contributed by atoms with Crippen LogP contribution in [0.15, 0.2) is 18.5 Å². The lowest BCUT2D eigenvalue weighted by molar-refractivity contribution is 0.300. The fourth-order valence-corrected chi connectivity index (χ4v) is 2.69. The van der Waals surface area contributed by atoms with E-state index < -0.39 is 0 Å². The summed E-state index contributed by atoms with van der Waals surface area (Å²) < 4.78 is 0. The Kier molecular flexibility index (Phi) is 3.29. The number of nitrogens with zero attached hydrogens (tertiary/aromatic N) is 3. The van der Waals surface area contributed by atoms with E-state index in [1.54, 1.807) is 6.20 Å². The van der Waals surface area contributed by atoms with Gasteiger partial charge in [-0.3, -0.25) is 0 Å². The van der Waals surface area contributed by atoms with Crippen molar-refractivity contribution in [3.8, 4) is 0 Å². The number of pyridine rings is 2. The summed E-state index contributed by atoms with van der Waals surface area (Å²) in [6, 6.07) is 2.38. The molecule has 1 fully saturated rings. The normalized spacial score (nSPS) is 18.7. The number of hydrogen-bond donors (Lipinski definition) is 1. The molecule has 2 aromatic heterocycles. The average Bonchev–Trinajstić information content (AvgIpc) is 2.39. The van der Waals surface area contributed by atoms with Gasteiger partial charge in [-0.1, -0.05) is 11.6 Å². The number of halogens is 1. The number of rotatable bonds is 3. The molecule has 4 nitrogen and oxygen atoms in total. The fraction of sp³-hybridized carbons (Fsp3) is 0.429. The molecule has 1 N–H and O–H groups in total. The minimum atomic E-state index is 0.107. The van der Waals surface area contributed by atoms with Crippen molar-refractivity contribution in [3.05, 3.63) is 29.2 Å². The predicted octanol–water partition coefficient (Wildman–Crippen LogP) is 2.42. The maximum absolute atomic E-state index is 9.14. The summed E-state index contributed by atoms with van der Waals surface area (Å²) in [6.07, 6.45) is 5.41. The van der Waals surface area contributed by atoms with Crippen LogP contribution in [0.2, 0.25) is 5.15 Å². The molecule has 3 heterocycles. The van der Waals surface area contributed by atoms with Gasteiger partial charge in [0.1, 0.15) is 11.0 Å². The first-order valence-corrected chi connectivity index (χ1v) is 6.89. The van der Waals surface area contributed by atoms with Crippen LogP contribution in [-0.2, 0) is 6.42 Å². The van der Waals surface area contributed by atoms with Crippen LogP contribution >= 0.6 is 11.6 Å². The second-order valence-corrected chi connectivity index (χ2v) is 5.35. The summed E-state index contributed by atoms with van der Waals surface area (Å²) in [5, 5.41) is 11.7. The van der Waals surface area contributed by atoms with Gasteiger partial charge in [-0.2, -0.15) is 0 Å². The molecular formula is C14H16ClN3O. The highest BCUT2D eigenvalue weighted by molar-refractivity contribution is 6.30. The van der Waals surface area contributed by atoms with Crippen LogP contribution < -0.4 is 4.90 Å². The zero-order valence-electron chi connectivity index (χ0n) is 10.8. The van der Waals surface area contributed by atoms with Gasteiger partial charge in [-0.15, -0.1) is 0 Å². The molecule has 1 aliphatic heterocycles. The smallest absolute Gasteiger partial charge is 0.138 e. The summed E-state index contributed by atoms with van der Waals surface area (Å²) in [4.78, 5) is 11.0. The topological polar surface area (TPSA) is 49.2 Å². The fourth-order valence-electron chi connectivity index (χ4n) is 2.53. The molecule has 0 amide bonds. The molecule has 100 valence electrons. The lowest BCUT2D eigenvalue weighted by atomic mass is 10.0. The van der Waals surface area contributed by atoms with Crippen molar-refractivity contribution >= 4 is 28.2 Å². The average molecular weight is 278 g/mol. The van der Waals surface area contributed by atoms with Gasteiger partial charge >= 0.3 is 0 Å². The van der Waals surface area contributed by atoms with Gasteiger partial charge in [0.25, 0.3) is 0 Å². The number of anilines is 1. The van der Waals surface area contributed by atoms with Crippen molar-refractivity contribution in [3.63, 3.8) is 0 Å². The molecule has 0 saturated carbocycles. The third-order valence-electron chi connectivity index (χ3n) is 3.77.